The van der Waals surface area contributed by atoms with Crippen LogP contribution in [0.5, 0.6) is 0 Å². The Morgan fingerprint density at radius 2 is 1.86 bits per heavy atom. The van der Waals surface area contributed by atoms with E-state index in [-0.39, 0.29) is 4.90 Å². The Hall–Kier alpha value is -2.61. The predicted octanol–water partition coefficient (Wildman–Crippen LogP) is 4.07. The van der Waals surface area contributed by atoms with Gasteiger partial charge in [-0.15, -0.1) is 10.2 Å². The molecular weight excluding hydrogens is 376 g/mol. The first-order valence-electron chi connectivity index (χ1n) is 9.37. The lowest BCUT2D eigenvalue weighted by Crippen LogP contribution is -2.15. The van der Waals surface area contributed by atoms with Crippen molar-refractivity contribution in [3.8, 4) is 11.6 Å². The number of rotatable bonds is 5. The maximum absolute atomic E-state index is 13.2. The van der Waals surface area contributed by atoms with Crippen molar-refractivity contribution < 1.29 is 12.8 Å². The second kappa shape index (κ2) is 6.77. The van der Waals surface area contributed by atoms with Crippen molar-refractivity contribution in [2.45, 2.75) is 50.8 Å². The highest BCUT2D eigenvalue weighted by Gasteiger charge is 2.31. The Morgan fingerprint density at radius 1 is 1.14 bits per heavy atom. The van der Waals surface area contributed by atoms with Gasteiger partial charge in [0.1, 0.15) is 10.6 Å². The molecule has 1 fully saturated rings. The van der Waals surface area contributed by atoms with Crippen LogP contribution in [-0.2, 0) is 17.1 Å². The van der Waals surface area contributed by atoms with Gasteiger partial charge >= 0.3 is 0 Å². The number of nitrogens with zero attached hydrogens (tertiary/aromatic N) is 3. The number of aryl methyl sites for hydroxylation is 1. The largest absolute Gasteiger partial charge is 0.419 e. The van der Waals surface area contributed by atoms with E-state index in [1.165, 1.54) is 6.42 Å². The van der Waals surface area contributed by atoms with Gasteiger partial charge in [0.2, 0.25) is 5.89 Å². The summed E-state index contributed by atoms with van der Waals surface area (Å²) in [6, 6.07) is 7.31. The van der Waals surface area contributed by atoms with E-state index in [0.29, 0.717) is 40.3 Å². The molecule has 3 aromatic rings. The number of nitrogens with one attached hydrogen (secondary N) is 1. The van der Waals surface area contributed by atoms with Crippen LogP contribution in [-0.4, -0.2) is 23.2 Å². The summed E-state index contributed by atoms with van der Waals surface area (Å²) in [5.74, 6) is 1.33. The number of sulfonamides is 1. The molecule has 1 aromatic carbocycles. The van der Waals surface area contributed by atoms with Gasteiger partial charge in [0, 0.05) is 24.2 Å². The molecular formula is C20H24N4O3S. The van der Waals surface area contributed by atoms with Crippen molar-refractivity contribution in [1.29, 1.82) is 0 Å². The molecule has 7 nitrogen and oxygen atoms in total. The first-order valence-corrected chi connectivity index (χ1v) is 10.9. The number of anilines is 1. The highest BCUT2D eigenvalue weighted by molar-refractivity contribution is 7.92. The molecule has 2 heterocycles. The van der Waals surface area contributed by atoms with E-state index < -0.39 is 10.0 Å². The molecule has 2 aromatic heterocycles. The summed E-state index contributed by atoms with van der Waals surface area (Å²) in [6.45, 7) is 5.43. The van der Waals surface area contributed by atoms with E-state index in [9.17, 15) is 8.42 Å². The monoisotopic (exact) mass is 400 g/mol. The van der Waals surface area contributed by atoms with E-state index in [2.05, 4.69) is 14.9 Å². The van der Waals surface area contributed by atoms with E-state index >= 15 is 0 Å². The summed E-state index contributed by atoms with van der Waals surface area (Å²) in [5, 5.41) is 8.38. The standard InChI is InChI=1S/C20H24N4O3S/c1-12-8-5-6-11-16(12)23-28(25,26)18-13(2)17(24(4)14(18)3)20-22-21-19(27-20)15-9-7-10-15/h5-6,8,11,15,23H,7,9-10H2,1-4H3. The maximum atomic E-state index is 13.2. The van der Waals surface area contributed by atoms with Crippen molar-refractivity contribution in [1.82, 2.24) is 14.8 Å². The van der Waals surface area contributed by atoms with Gasteiger partial charge in [0.05, 0.1) is 5.69 Å². The molecule has 1 aliphatic carbocycles. The molecule has 0 atom stereocenters. The molecule has 1 N–H and O–H groups in total. The Bertz CT molecular complexity index is 1140. The van der Waals surface area contributed by atoms with Crippen LogP contribution in [0.15, 0.2) is 33.6 Å². The highest BCUT2D eigenvalue weighted by atomic mass is 32.2. The minimum absolute atomic E-state index is 0.247. The summed E-state index contributed by atoms with van der Waals surface area (Å²) < 4.78 is 36.8. The summed E-state index contributed by atoms with van der Waals surface area (Å²) in [4.78, 5) is 0.247. The molecule has 148 valence electrons. The van der Waals surface area contributed by atoms with E-state index in [4.69, 9.17) is 4.42 Å². The van der Waals surface area contributed by atoms with Crippen LogP contribution in [0.25, 0.3) is 11.6 Å². The van der Waals surface area contributed by atoms with E-state index in [1.54, 1.807) is 30.5 Å². The first-order chi connectivity index (χ1) is 13.3. The van der Waals surface area contributed by atoms with Gasteiger partial charge in [-0.1, -0.05) is 24.6 Å². The Morgan fingerprint density at radius 3 is 2.50 bits per heavy atom. The molecule has 0 bridgehead atoms. The topological polar surface area (TPSA) is 90.0 Å². The van der Waals surface area contributed by atoms with Crippen molar-refractivity contribution in [2.24, 2.45) is 7.05 Å². The second-order valence-corrected chi connectivity index (χ2v) is 9.06. The van der Waals surface area contributed by atoms with E-state index in [1.807, 2.05) is 26.1 Å². The number of hydrogen-bond acceptors (Lipinski definition) is 5. The lowest BCUT2D eigenvalue weighted by atomic mass is 9.85. The predicted molar refractivity (Wildman–Crippen MR) is 107 cm³/mol. The minimum Gasteiger partial charge on any atom is -0.419 e. The third-order valence-electron chi connectivity index (χ3n) is 5.62. The summed E-state index contributed by atoms with van der Waals surface area (Å²) in [7, 11) is -1.95. The van der Waals surface area contributed by atoms with E-state index in [0.717, 1.165) is 18.4 Å². The number of hydrogen-bond donors (Lipinski definition) is 1. The van der Waals surface area contributed by atoms with Crippen LogP contribution in [0.2, 0.25) is 0 Å². The zero-order valence-corrected chi connectivity index (χ0v) is 17.3. The number of benzene rings is 1. The third kappa shape index (κ3) is 3.01. The average molecular weight is 401 g/mol. The highest BCUT2D eigenvalue weighted by Crippen LogP contribution is 2.38. The molecule has 0 radical (unpaired) electrons. The smallest absolute Gasteiger partial charge is 0.264 e. The van der Waals surface area contributed by atoms with Gasteiger partial charge in [0.25, 0.3) is 15.9 Å². The van der Waals surface area contributed by atoms with Crippen LogP contribution in [0.4, 0.5) is 5.69 Å². The maximum Gasteiger partial charge on any atom is 0.264 e. The molecule has 28 heavy (non-hydrogen) atoms. The summed E-state index contributed by atoms with van der Waals surface area (Å²) in [5.41, 5.74) is 3.29. The third-order valence-corrected chi connectivity index (χ3v) is 7.25. The van der Waals surface area contributed by atoms with Crippen LogP contribution in [0.1, 0.15) is 47.9 Å². The molecule has 4 rings (SSSR count). The summed E-state index contributed by atoms with van der Waals surface area (Å²) in [6.07, 6.45) is 3.30. The van der Waals surface area contributed by atoms with Gasteiger partial charge in [0.15, 0.2) is 0 Å². The fourth-order valence-electron chi connectivity index (χ4n) is 3.68. The fraction of sp³-hybridized carbons (Fsp3) is 0.400. The number of para-hydroxylation sites is 1. The Labute approximate surface area is 164 Å². The normalized spacial score (nSPS) is 14.9. The van der Waals surface area contributed by atoms with Crippen LogP contribution >= 0.6 is 0 Å². The van der Waals surface area contributed by atoms with Gasteiger partial charge in [-0.05, 0) is 45.2 Å². The lowest BCUT2D eigenvalue weighted by Gasteiger charge is -2.20. The van der Waals surface area contributed by atoms with Crippen molar-refractivity contribution in [3.63, 3.8) is 0 Å². The molecule has 0 unspecified atom stereocenters. The molecule has 1 aliphatic rings. The molecule has 0 aliphatic heterocycles. The van der Waals surface area contributed by atoms with Crippen LogP contribution in [0.3, 0.4) is 0 Å². The molecule has 0 amide bonds. The fourth-order valence-corrected chi connectivity index (χ4v) is 5.33. The molecule has 1 saturated carbocycles. The van der Waals surface area contributed by atoms with Crippen LogP contribution in [0, 0.1) is 20.8 Å². The molecule has 8 heteroatoms. The average Bonchev–Trinajstić information content (AvgIpc) is 3.12. The zero-order valence-electron chi connectivity index (χ0n) is 16.5. The van der Waals surface area contributed by atoms with Gasteiger partial charge in [-0.2, -0.15) is 0 Å². The Balaban J connectivity index is 1.75. The molecule has 0 saturated heterocycles. The number of aromatic nitrogens is 3. The lowest BCUT2D eigenvalue weighted by molar-refractivity contribution is 0.337. The van der Waals surface area contributed by atoms with Gasteiger partial charge in [-0.3, -0.25) is 4.72 Å². The van der Waals surface area contributed by atoms with Crippen molar-refractivity contribution in [2.75, 3.05) is 4.72 Å². The van der Waals surface area contributed by atoms with Crippen LogP contribution < -0.4 is 4.72 Å². The first kappa shape index (κ1) is 18.7. The molecule has 0 spiro atoms. The second-order valence-electron chi connectivity index (χ2n) is 7.44. The summed E-state index contributed by atoms with van der Waals surface area (Å²) >= 11 is 0. The quantitative estimate of drug-likeness (QED) is 0.697. The Kier molecular flexibility index (Phi) is 4.53. The van der Waals surface area contributed by atoms with Crippen molar-refractivity contribution >= 4 is 15.7 Å². The SMILES string of the molecule is Cc1ccccc1NS(=O)(=O)c1c(C)c(-c2nnc(C3CCC3)o2)n(C)c1C. The minimum atomic E-state index is -3.77. The van der Waals surface area contributed by atoms with Crippen molar-refractivity contribution in [3.05, 3.63) is 47.0 Å². The zero-order chi connectivity index (χ0) is 20.1. The van der Waals surface area contributed by atoms with Gasteiger partial charge in [-0.25, -0.2) is 8.42 Å². The van der Waals surface area contributed by atoms with Gasteiger partial charge < -0.3 is 8.98 Å².